The molecule has 0 N–H and O–H groups in total. The highest BCUT2D eigenvalue weighted by Gasteiger charge is 2.50. The average Bonchev–Trinajstić information content (AvgIpc) is 3.02. The monoisotopic (exact) mass is 368 g/mol. The normalized spacial score (nSPS) is 35.2. The summed E-state index contributed by atoms with van der Waals surface area (Å²) in [6, 6.07) is 0. The second-order valence-corrected chi connectivity index (χ2v) is 9.09. The van der Waals surface area contributed by atoms with Gasteiger partial charge in [-0.15, -0.1) is 0 Å². The van der Waals surface area contributed by atoms with Gasteiger partial charge in [0.25, 0.3) is 0 Å². The molecule has 0 heterocycles. The van der Waals surface area contributed by atoms with E-state index < -0.39 is 0 Å². The average molecular weight is 369 g/mol. The fourth-order valence-corrected chi connectivity index (χ4v) is 5.56. The van der Waals surface area contributed by atoms with Crippen LogP contribution >= 0.6 is 0 Å². The first-order valence-electron chi connectivity index (χ1n) is 10.4. The van der Waals surface area contributed by atoms with E-state index in [1.807, 2.05) is 6.92 Å². The molecule has 0 radical (unpaired) electrons. The lowest BCUT2D eigenvalue weighted by molar-refractivity contribution is -0.152. The predicted molar refractivity (Wildman–Crippen MR) is 112 cm³/mol. The number of allylic oxidation sites excluding steroid dienone is 7. The first-order valence-corrected chi connectivity index (χ1v) is 10.4. The quantitative estimate of drug-likeness (QED) is 0.409. The maximum Gasteiger partial charge on any atom is 0.314 e. The second kappa shape index (κ2) is 7.11. The molecule has 0 saturated carbocycles. The summed E-state index contributed by atoms with van der Waals surface area (Å²) in [6.45, 7) is 8.84. The molecule has 0 saturated heterocycles. The molecule has 2 heteroatoms. The number of rotatable bonds is 3. The van der Waals surface area contributed by atoms with Gasteiger partial charge in [0.2, 0.25) is 0 Å². The van der Waals surface area contributed by atoms with Crippen LogP contribution in [0.3, 0.4) is 0 Å². The van der Waals surface area contributed by atoms with Crippen molar-refractivity contribution >= 4 is 5.97 Å². The molecule has 0 spiro atoms. The van der Waals surface area contributed by atoms with Crippen LogP contribution in [0, 0.1) is 16.7 Å². The van der Waals surface area contributed by atoms with Crippen LogP contribution in [-0.4, -0.2) is 12.1 Å². The molecule has 2 nitrogen and oxygen atoms in total. The van der Waals surface area contributed by atoms with Gasteiger partial charge in [0, 0.05) is 5.41 Å². The van der Waals surface area contributed by atoms with Gasteiger partial charge in [0.15, 0.2) is 0 Å². The zero-order valence-electron chi connectivity index (χ0n) is 16.7. The highest BCUT2D eigenvalue weighted by molar-refractivity contribution is 5.80. The number of ether oxygens (including phenoxy) is 1. The minimum absolute atomic E-state index is 0. The van der Waals surface area contributed by atoms with E-state index in [1.165, 1.54) is 35.1 Å². The van der Waals surface area contributed by atoms with E-state index in [9.17, 15) is 4.79 Å². The minimum Gasteiger partial charge on any atom is -0.462 e. The Hall–Kier alpha value is -1.57. The van der Waals surface area contributed by atoms with E-state index in [0.717, 1.165) is 32.1 Å². The Bertz CT molecular complexity index is 750. The summed E-state index contributed by atoms with van der Waals surface area (Å²) in [6.07, 6.45) is 16.8. The first kappa shape index (κ1) is 20.2. The Balaban J connectivity index is 0.00000210. The summed E-state index contributed by atoms with van der Waals surface area (Å²) in [5, 5.41) is 0. The third-order valence-corrected chi connectivity index (χ3v) is 7.43. The predicted octanol–water partition coefficient (Wildman–Crippen LogP) is 6.69. The van der Waals surface area contributed by atoms with Crippen LogP contribution in [-0.2, 0) is 9.53 Å². The van der Waals surface area contributed by atoms with Crippen LogP contribution in [0.2, 0.25) is 0 Å². The SMILES string of the molecule is C.CCC(C)OC(=O)[C@@H]1CC2=CCC=C[C@]2(C)C2=C1C1=CCC[C@@]1(C)CC2. The van der Waals surface area contributed by atoms with Gasteiger partial charge in [-0.25, -0.2) is 0 Å². The Morgan fingerprint density at radius 2 is 2.07 bits per heavy atom. The number of hydrogen-bond acceptors (Lipinski definition) is 2. The van der Waals surface area contributed by atoms with Crippen molar-refractivity contribution in [1.82, 2.24) is 0 Å². The molecule has 148 valence electrons. The fourth-order valence-electron chi connectivity index (χ4n) is 5.56. The molecule has 4 aliphatic rings. The molecular formula is C25H36O2. The Morgan fingerprint density at radius 3 is 2.81 bits per heavy atom. The van der Waals surface area contributed by atoms with E-state index in [-0.39, 0.29) is 36.2 Å². The molecule has 1 unspecified atom stereocenters. The number of fused-ring (bicyclic) bond motifs is 4. The van der Waals surface area contributed by atoms with E-state index in [1.54, 1.807) is 0 Å². The molecule has 27 heavy (non-hydrogen) atoms. The van der Waals surface area contributed by atoms with Crippen molar-refractivity contribution in [3.05, 3.63) is 46.6 Å². The van der Waals surface area contributed by atoms with Crippen molar-refractivity contribution < 1.29 is 9.53 Å². The first-order chi connectivity index (χ1) is 12.4. The van der Waals surface area contributed by atoms with E-state index in [2.05, 4.69) is 45.1 Å². The van der Waals surface area contributed by atoms with Crippen molar-refractivity contribution in [3.63, 3.8) is 0 Å². The van der Waals surface area contributed by atoms with Crippen molar-refractivity contribution in [2.45, 2.75) is 86.2 Å². The van der Waals surface area contributed by atoms with Crippen molar-refractivity contribution in [1.29, 1.82) is 0 Å². The Morgan fingerprint density at radius 1 is 1.30 bits per heavy atom. The highest BCUT2D eigenvalue weighted by atomic mass is 16.5. The number of hydrogen-bond donors (Lipinski definition) is 0. The molecule has 0 fully saturated rings. The molecule has 0 aromatic heterocycles. The molecule has 0 amide bonds. The van der Waals surface area contributed by atoms with E-state index in [4.69, 9.17) is 4.74 Å². The van der Waals surface area contributed by atoms with Gasteiger partial charge in [-0.3, -0.25) is 4.79 Å². The number of carbonyl (C=O) groups excluding carboxylic acids is 1. The largest absolute Gasteiger partial charge is 0.462 e. The van der Waals surface area contributed by atoms with Gasteiger partial charge in [-0.1, -0.05) is 56.7 Å². The van der Waals surface area contributed by atoms with Crippen LogP contribution in [0.25, 0.3) is 0 Å². The summed E-state index contributed by atoms with van der Waals surface area (Å²) in [4.78, 5) is 13.2. The molecule has 0 bridgehead atoms. The fraction of sp³-hybridized carbons (Fsp3) is 0.640. The highest BCUT2D eigenvalue weighted by Crippen LogP contribution is 2.61. The second-order valence-electron chi connectivity index (χ2n) is 9.09. The van der Waals surface area contributed by atoms with Crippen LogP contribution < -0.4 is 0 Å². The molecule has 0 aromatic rings. The van der Waals surface area contributed by atoms with Crippen LogP contribution in [0.5, 0.6) is 0 Å². The minimum atomic E-state index is -0.117. The summed E-state index contributed by atoms with van der Waals surface area (Å²) < 4.78 is 5.84. The topological polar surface area (TPSA) is 26.3 Å². The lowest BCUT2D eigenvalue weighted by Gasteiger charge is -2.49. The standard InChI is InChI=1S/C24H32O2.CH4/c1-5-16(2)26-22(25)18-15-17-9-6-7-13-24(17,4)20-11-14-23(3)12-8-10-19(23)21(18)20;/h7,9-10,13,16,18H,5-6,8,11-12,14-15H2,1-4H3;1H4/t16?,18-,23+,24+;/m1./s1. The van der Waals surface area contributed by atoms with Gasteiger partial charge < -0.3 is 4.74 Å². The van der Waals surface area contributed by atoms with Crippen molar-refractivity contribution in [2.75, 3.05) is 0 Å². The molecular weight excluding hydrogens is 332 g/mol. The lowest BCUT2D eigenvalue weighted by atomic mass is 9.55. The van der Waals surface area contributed by atoms with Gasteiger partial charge >= 0.3 is 5.97 Å². The lowest BCUT2D eigenvalue weighted by Crippen LogP contribution is -2.40. The maximum atomic E-state index is 13.2. The van der Waals surface area contributed by atoms with Gasteiger partial charge in [0.05, 0.1) is 12.0 Å². The van der Waals surface area contributed by atoms with Crippen LogP contribution in [0.4, 0.5) is 0 Å². The van der Waals surface area contributed by atoms with Crippen molar-refractivity contribution in [3.8, 4) is 0 Å². The van der Waals surface area contributed by atoms with Crippen LogP contribution in [0.15, 0.2) is 46.6 Å². The zero-order chi connectivity index (χ0) is 18.5. The number of carbonyl (C=O) groups is 1. The summed E-state index contributed by atoms with van der Waals surface area (Å²) >= 11 is 0. The zero-order valence-corrected chi connectivity index (χ0v) is 16.7. The Labute approximate surface area is 165 Å². The third kappa shape index (κ3) is 3.05. The summed E-state index contributed by atoms with van der Waals surface area (Å²) in [5.41, 5.74) is 5.98. The van der Waals surface area contributed by atoms with E-state index in [0.29, 0.717) is 0 Å². The van der Waals surface area contributed by atoms with Gasteiger partial charge in [-0.05, 0) is 75.4 Å². The molecule has 0 aromatic carbocycles. The van der Waals surface area contributed by atoms with Crippen LogP contribution in [0.1, 0.15) is 80.1 Å². The molecule has 0 aliphatic heterocycles. The molecule has 4 rings (SSSR count). The van der Waals surface area contributed by atoms with Gasteiger partial charge in [0.1, 0.15) is 0 Å². The number of esters is 1. The van der Waals surface area contributed by atoms with E-state index >= 15 is 0 Å². The summed E-state index contributed by atoms with van der Waals surface area (Å²) in [7, 11) is 0. The van der Waals surface area contributed by atoms with Gasteiger partial charge in [-0.2, -0.15) is 0 Å². The Kier molecular flexibility index (Phi) is 5.31. The third-order valence-electron chi connectivity index (χ3n) is 7.43. The summed E-state index contributed by atoms with van der Waals surface area (Å²) in [5.74, 6) is -0.129. The molecule has 4 aliphatic carbocycles. The smallest absolute Gasteiger partial charge is 0.314 e. The maximum absolute atomic E-state index is 13.2. The van der Waals surface area contributed by atoms with Crippen molar-refractivity contribution in [2.24, 2.45) is 16.7 Å². The molecule has 4 atom stereocenters.